The molecule has 3 rings (SSSR count). The maximum absolute atomic E-state index is 14.2. The van der Waals surface area contributed by atoms with E-state index in [-0.39, 0.29) is 12.0 Å². The van der Waals surface area contributed by atoms with Crippen LogP contribution in [0.3, 0.4) is 0 Å². The van der Waals surface area contributed by atoms with Crippen LogP contribution in [0.1, 0.15) is 42.0 Å². The van der Waals surface area contributed by atoms with Crippen molar-refractivity contribution in [2.24, 2.45) is 0 Å². The largest absolute Gasteiger partial charge is 0.310 e. The Hall–Kier alpha value is -1.74. The molecular weight excluding hydrogens is 268 g/mol. The van der Waals surface area contributed by atoms with Crippen LogP contribution in [0.15, 0.2) is 42.5 Å². The van der Waals surface area contributed by atoms with Gasteiger partial charge in [-0.3, -0.25) is 0 Å². The Labute approximate surface area is 124 Å². The molecule has 2 aromatic carbocycles. The number of halogens is 2. The maximum atomic E-state index is 14.2. The Morgan fingerprint density at radius 3 is 2.76 bits per heavy atom. The lowest BCUT2D eigenvalue weighted by Crippen LogP contribution is -2.27. The van der Waals surface area contributed by atoms with Crippen molar-refractivity contribution in [2.45, 2.75) is 31.7 Å². The number of hydrogen-bond donors (Lipinski definition) is 1. The summed E-state index contributed by atoms with van der Waals surface area (Å²) in [5.74, 6) is -0.759. The van der Waals surface area contributed by atoms with E-state index in [0.717, 1.165) is 25.5 Å². The van der Waals surface area contributed by atoms with Gasteiger partial charge in [0, 0.05) is 23.6 Å². The normalized spacial score (nSPS) is 18.5. The quantitative estimate of drug-likeness (QED) is 0.881. The predicted octanol–water partition coefficient (Wildman–Crippen LogP) is 4.35. The van der Waals surface area contributed by atoms with Crippen LogP contribution in [0.4, 0.5) is 8.78 Å². The molecule has 0 fully saturated rings. The lowest BCUT2D eigenvalue weighted by atomic mass is 9.88. The van der Waals surface area contributed by atoms with E-state index < -0.39 is 11.6 Å². The molecule has 1 nitrogen and oxygen atoms in total. The molecule has 21 heavy (non-hydrogen) atoms. The topological polar surface area (TPSA) is 12.0 Å². The third kappa shape index (κ3) is 2.70. The number of fused-ring (bicyclic) bond motifs is 1. The van der Waals surface area contributed by atoms with Crippen LogP contribution in [0.25, 0.3) is 0 Å². The Bertz CT molecular complexity index is 639. The molecule has 1 aliphatic carbocycles. The zero-order valence-electron chi connectivity index (χ0n) is 12.1. The molecule has 0 amide bonds. The Kier molecular flexibility index (Phi) is 4.02. The fourth-order valence-corrected chi connectivity index (χ4v) is 3.38. The molecule has 3 heteroatoms. The molecule has 2 aromatic rings. The fraction of sp³-hybridized carbons (Fsp3) is 0.333. The number of aryl methyl sites for hydroxylation is 1. The molecule has 0 spiro atoms. The molecule has 0 aliphatic heterocycles. The average molecular weight is 287 g/mol. The van der Waals surface area contributed by atoms with E-state index in [4.69, 9.17) is 0 Å². The van der Waals surface area contributed by atoms with Gasteiger partial charge in [0.15, 0.2) is 0 Å². The summed E-state index contributed by atoms with van der Waals surface area (Å²) >= 11 is 0. The summed E-state index contributed by atoms with van der Waals surface area (Å²) in [5.41, 5.74) is 3.18. The molecule has 0 radical (unpaired) electrons. The Morgan fingerprint density at radius 1 is 1.19 bits per heavy atom. The fourth-order valence-electron chi connectivity index (χ4n) is 3.38. The molecule has 110 valence electrons. The summed E-state index contributed by atoms with van der Waals surface area (Å²) in [6.45, 7) is 2.76. The van der Waals surface area contributed by atoms with E-state index in [1.54, 1.807) is 6.07 Å². The summed E-state index contributed by atoms with van der Waals surface area (Å²) in [4.78, 5) is 0. The van der Waals surface area contributed by atoms with E-state index in [2.05, 4.69) is 17.4 Å². The van der Waals surface area contributed by atoms with Gasteiger partial charge in [-0.25, -0.2) is 8.78 Å². The van der Waals surface area contributed by atoms with E-state index in [9.17, 15) is 8.78 Å². The summed E-state index contributed by atoms with van der Waals surface area (Å²) in [6.07, 6.45) is 2.01. The van der Waals surface area contributed by atoms with Gasteiger partial charge in [0.1, 0.15) is 11.6 Å². The van der Waals surface area contributed by atoms with Crippen LogP contribution < -0.4 is 5.32 Å². The van der Waals surface area contributed by atoms with Crippen molar-refractivity contribution in [1.82, 2.24) is 5.32 Å². The number of rotatable bonds is 4. The van der Waals surface area contributed by atoms with Crippen molar-refractivity contribution >= 4 is 0 Å². The van der Waals surface area contributed by atoms with Gasteiger partial charge in [-0.1, -0.05) is 37.3 Å². The zero-order valence-corrected chi connectivity index (χ0v) is 12.1. The molecule has 2 unspecified atom stereocenters. The SMILES string of the molecule is CCNC(c1ccc(F)cc1F)C1CCc2ccccc21. The molecule has 1 aliphatic rings. The predicted molar refractivity (Wildman–Crippen MR) is 80.3 cm³/mol. The maximum Gasteiger partial charge on any atom is 0.130 e. The Morgan fingerprint density at radius 2 is 2.00 bits per heavy atom. The van der Waals surface area contributed by atoms with Gasteiger partial charge in [-0.2, -0.15) is 0 Å². The van der Waals surface area contributed by atoms with Crippen LogP contribution in [-0.2, 0) is 6.42 Å². The molecule has 0 saturated heterocycles. The van der Waals surface area contributed by atoms with Crippen molar-refractivity contribution in [3.63, 3.8) is 0 Å². The summed E-state index contributed by atoms with van der Waals surface area (Å²) in [6, 6.07) is 12.1. The van der Waals surface area contributed by atoms with Gasteiger partial charge >= 0.3 is 0 Å². The number of hydrogen-bond acceptors (Lipinski definition) is 1. The van der Waals surface area contributed by atoms with Gasteiger partial charge in [0.2, 0.25) is 0 Å². The molecular formula is C18H19F2N. The summed E-state index contributed by atoms with van der Waals surface area (Å²) < 4.78 is 27.3. The monoisotopic (exact) mass is 287 g/mol. The number of benzene rings is 2. The zero-order chi connectivity index (χ0) is 14.8. The third-order valence-electron chi connectivity index (χ3n) is 4.30. The molecule has 1 N–H and O–H groups in total. The second-order valence-electron chi connectivity index (χ2n) is 5.55. The Balaban J connectivity index is 1.99. The molecule has 0 heterocycles. The number of nitrogens with one attached hydrogen (secondary N) is 1. The average Bonchev–Trinajstić information content (AvgIpc) is 2.89. The van der Waals surface area contributed by atoms with Gasteiger partial charge in [-0.15, -0.1) is 0 Å². The second kappa shape index (κ2) is 5.94. The highest BCUT2D eigenvalue weighted by molar-refractivity contribution is 5.38. The highest BCUT2D eigenvalue weighted by atomic mass is 19.1. The summed E-state index contributed by atoms with van der Waals surface area (Å²) in [7, 11) is 0. The van der Waals surface area contributed by atoms with E-state index >= 15 is 0 Å². The first-order valence-corrected chi connectivity index (χ1v) is 7.47. The van der Waals surface area contributed by atoms with Crippen molar-refractivity contribution in [3.05, 3.63) is 70.8 Å². The first-order chi connectivity index (χ1) is 10.2. The van der Waals surface area contributed by atoms with Crippen LogP contribution in [0.5, 0.6) is 0 Å². The van der Waals surface area contributed by atoms with Crippen LogP contribution in [-0.4, -0.2) is 6.54 Å². The van der Waals surface area contributed by atoms with Gasteiger partial charge in [0.05, 0.1) is 0 Å². The van der Waals surface area contributed by atoms with E-state index in [1.165, 1.54) is 17.2 Å². The van der Waals surface area contributed by atoms with Crippen molar-refractivity contribution < 1.29 is 8.78 Å². The molecule has 0 aromatic heterocycles. The smallest absolute Gasteiger partial charge is 0.130 e. The van der Waals surface area contributed by atoms with Crippen LogP contribution in [0, 0.1) is 11.6 Å². The lowest BCUT2D eigenvalue weighted by molar-refractivity contribution is 0.432. The van der Waals surface area contributed by atoms with Crippen molar-refractivity contribution in [2.75, 3.05) is 6.54 Å². The van der Waals surface area contributed by atoms with Gasteiger partial charge in [0.25, 0.3) is 0 Å². The first-order valence-electron chi connectivity index (χ1n) is 7.47. The van der Waals surface area contributed by atoms with Crippen LogP contribution in [0.2, 0.25) is 0 Å². The van der Waals surface area contributed by atoms with Crippen molar-refractivity contribution in [1.29, 1.82) is 0 Å². The second-order valence-corrected chi connectivity index (χ2v) is 5.55. The number of likely N-dealkylation sites (N-methyl/N-ethyl adjacent to an activating group) is 1. The lowest BCUT2D eigenvalue weighted by Gasteiger charge is -2.26. The molecule has 2 atom stereocenters. The molecule has 0 bridgehead atoms. The molecule has 0 saturated carbocycles. The van der Waals surface area contributed by atoms with Gasteiger partial charge < -0.3 is 5.32 Å². The van der Waals surface area contributed by atoms with Crippen LogP contribution >= 0.6 is 0 Å². The summed E-state index contributed by atoms with van der Waals surface area (Å²) in [5, 5.41) is 3.38. The highest BCUT2D eigenvalue weighted by Crippen LogP contribution is 2.42. The van der Waals surface area contributed by atoms with E-state index in [0.29, 0.717) is 5.56 Å². The van der Waals surface area contributed by atoms with Gasteiger partial charge in [-0.05, 0) is 36.6 Å². The minimum atomic E-state index is -0.529. The minimum Gasteiger partial charge on any atom is -0.310 e. The van der Waals surface area contributed by atoms with E-state index in [1.807, 2.05) is 19.1 Å². The first kappa shape index (κ1) is 14.2. The van der Waals surface area contributed by atoms with Crippen molar-refractivity contribution in [3.8, 4) is 0 Å². The highest BCUT2D eigenvalue weighted by Gasteiger charge is 2.31. The third-order valence-corrected chi connectivity index (χ3v) is 4.30. The minimum absolute atomic E-state index is 0.112. The standard InChI is InChI=1S/C18H19F2N/c1-2-21-18(16-10-8-13(19)11-17(16)20)15-9-7-12-5-3-4-6-14(12)15/h3-6,8,10-11,15,18,21H,2,7,9H2,1H3.